The number of carbonyl (C=O) groups is 1. The summed E-state index contributed by atoms with van der Waals surface area (Å²) >= 11 is 0. The highest BCUT2D eigenvalue weighted by Crippen LogP contribution is 2.74. The van der Waals surface area contributed by atoms with Crippen LogP contribution in [0.4, 0.5) is 0 Å². The average Bonchev–Trinajstić information content (AvgIpc) is 3.24. The van der Waals surface area contributed by atoms with E-state index in [0.29, 0.717) is 31.1 Å². The minimum absolute atomic E-state index is 0.0442. The second-order valence-electron chi connectivity index (χ2n) is 16.7. The molecule has 0 bridgehead atoms. The van der Waals surface area contributed by atoms with Crippen molar-refractivity contribution in [1.82, 2.24) is 0 Å². The first-order valence-electron chi connectivity index (χ1n) is 17.1. The Balaban J connectivity index is 1.42. The first kappa shape index (κ1) is 35.1. The molecular weight excluding hydrogens is 576 g/mol. The number of aldehydes is 1. The highest BCUT2D eigenvalue weighted by atomic mass is 16.7. The highest BCUT2D eigenvalue weighted by Gasteiger charge is 2.71. The van der Waals surface area contributed by atoms with E-state index < -0.39 is 66.0 Å². The van der Waals surface area contributed by atoms with E-state index in [4.69, 9.17) is 9.47 Å². The lowest BCUT2D eigenvalue weighted by Gasteiger charge is -2.66. The van der Waals surface area contributed by atoms with Gasteiger partial charge in [0.2, 0.25) is 0 Å². The molecule has 5 aliphatic rings. The van der Waals surface area contributed by atoms with Crippen LogP contribution in [0.25, 0.3) is 0 Å². The third kappa shape index (κ3) is 5.51. The summed E-state index contributed by atoms with van der Waals surface area (Å²) in [6.07, 6.45) is 4.84. The molecular formula is C36H58O9. The third-order valence-electron chi connectivity index (χ3n) is 13.5. The number of carbonyl (C=O) groups excluding carboxylic acids is 1. The zero-order valence-corrected chi connectivity index (χ0v) is 28.2. The maximum Gasteiger partial charge on any atom is 0.187 e. The van der Waals surface area contributed by atoms with E-state index >= 15 is 0 Å². The van der Waals surface area contributed by atoms with Gasteiger partial charge in [0.15, 0.2) is 6.29 Å². The summed E-state index contributed by atoms with van der Waals surface area (Å²) < 4.78 is 12.0. The predicted octanol–water partition coefficient (Wildman–Crippen LogP) is 3.28. The van der Waals surface area contributed by atoms with Crippen LogP contribution in [0.1, 0.15) is 93.4 Å². The second kappa shape index (κ2) is 12.1. The lowest BCUT2D eigenvalue weighted by atomic mass is 9.38. The molecule has 14 atom stereocenters. The van der Waals surface area contributed by atoms with Gasteiger partial charge in [0.05, 0.1) is 24.4 Å². The molecule has 9 nitrogen and oxygen atoms in total. The number of aliphatic hydroxyl groups excluding tert-OH is 5. The predicted molar refractivity (Wildman–Crippen MR) is 169 cm³/mol. The summed E-state index contributed by atoms with van der Waals surface area (Å²) in [6, 6.07) is 0. The van der Waals surface area contributed by atoms with E-state index in [2.05, 4.69) is 26.8 Å². The zero-order chi connectivity index (χ0) is 33.3. The van der Waals surface area contributed by atoms with Crippen LogP contribution < -0.4 is 0 Å². The van der Waals surface area contributed by atoms with Crippen LogP contribution in [0.15, 0.2) is 23.8 Å². The average molecular weight is 635 g/mol. The Labute approximate surface area is 268 Å². The van der Waals surface area contributed by atoms with E-state index in [1.807, 2.05) is 26.0 Å². The summed E-state index contributed by atoms with van der Waals surface area (Å²) in [4.78, 5) is 13.5. The Bertz CT molecular complexity index is 1160. The van der Waals surface area contributed by atoms with Crippen molar-refractivity contribution in [3.05, 3.63) is 23.8 Å². The maximum absolute atomic E-state index is 13.5. The molecule has 4 aliphatic carbocycles. The third-order valence-corrected chi connectivity index (χ3v) is 13.5. The molecule has 0 aromatic heterocycles. The molecule has 5 rings (SSSR count). The Morgan fingerprint density at radius 2 is 1.69 bits per heavy atom. The Morgan fingerprint density at radius 1 is 1.00 bits per heavy atom. The number of ether oxygens (including phenoxy) is 2. The van der Waals surface area contributed by atoms with Gasteiger partial charge < -0.3 is 44.9 Å². The molecule has 0 aromatic carbocycles. The molecule has 1 saturated heterocycles. The van der Waals surface area contributed by atoms with Crippen molar-refractivity contribution in [2.45, 2.75) is 142 Å². The lowest BCUT2D eigenvalue weighted by molar-refractivity contribution is -0.320. The van der Waals surface area contributed by atoms with Crippen molar-refractivity contribution in [3.8, 4) is 0 Å². The fourth-order valence-corrected chi connectivity index (χ4v) is 10.9. The number of hydrogen-bond acceptors (Lipinski definition) is 9. The second-order valence-corrected chi connectivity index (χ2v) is 16.7. The van der Waals surface area contributed by atoms with Gasteiger partial charge in [-0.3, -0.25) is 0 Å². The van der Waals surface area contributed by atoms with Gasteiger partial charge in [-0.2, -0.15) is 0 Å². The van der Waals surface area contributed by atoms with Gasteiger partial charge >= 0.3 is 0 Å². The van der Waals surface area contributed by atoms with Crippen LogP contribution >= 0.6 is 0 Å². The van der Waals surface area contributed by atoms with E-state index in [1.54, 1.807) is 13.8 Å². The van der Waals surface area contributed by atoms with E-state index in [9.17, 15) is 35.4 Å². The van der Waals surface area contributed by atoms with Gasteiger partial charge in [0.25, 0.3) is 0 Å². The normalized spacial score (nSPS) is 48.7. The largest absolute Gasteiger partial charge is 0.394 e. The minimum Gasteiger partial charge on any atom is -0.394 e. The van der Waals surface area contributed by atoms with E-state index in [-0.39, 0.29) is 22.7 Å². The standard InChI is InChI=1S/C36H58O9/c1-20(9-8-13-32(2,3)43)21-12-14-35(7)30-24(39)17-23-22(36(30,19-38)16-15-34(21,35)6)10-11-26(33(23,4)5)45-31-29(42)28(41)27(40)25(18-37)44-31/h8,13,17,19-22,24-31,37,39-43H,9-12,14-16,18H2,1-7H3. The highest BCUT2D eigenvalue weighted by molar-refractivity contribution is 5.65. The van der Waals surface area contributed by atoms with Crippen LogP contribution in [-0.4, -0.2) is 92.0 Å². The Morgan fingerprint density at radius 3 is 2.31 bits per heavy atom. The fraction of sp³-hybridized carbons (Fsp3) is 0.861. The number of allylic oxidation sites excluding steroid dienone is 1. The summed E-state index contributed by atoms with van der Waals surface area (Å²) in [5, 5.41) is 63.1. The molecule has 256 valence electrons. The molecule has 1 heterocycles. The molecule has 4 fully saturated rings. The lowest BCUT2D eigenvalue weighted by Crippen LogP contribution is -2.65. The topological polar surface area (TPSA) is 157 Å². The van der Waals surface area contributed by atoms with Crippen molar-refractivity contribution < 1.29 is 44.9 Å². The molecule has 0 radical (unpaired) electrons. The molecule has 0 spiro atoms. The van der Waals surface area contributed by atoms with Crippen LogP contribution in [0.2, 0.25) is 0 Å². The molecule has 0 aromatic rings. The molecule has 0 amide bonds. The quantitative estimate of drug-likeness (QED) is 0.174. The van der Waals surface area contributed by atoms with Crippen LogP contribution in [0.5, 0.6) is 0 Å². The first-order chi connectivity index (χ1) is 20.9. The molecule has 3 saturated carbocycles. The first-order valence-corrected chi connectivity index (χ1v) is 17.1. The van der Waals surface area contributed by atoms with Crippen molar-refractivity contribution in [1.29, 1.82) is 0 Å². The van der Waals surface area contributed by atoms with Crippen molar-refractivity contribution in [2.24, 2.45) is 45.3 Å². The maximum atomic E-state index is 13.5. The number of rotatable bonds is 8. The number of fused-ring (bicyclic) bond motifs is 5. The summed E-state index contributed by atoms with van der Waals surface area (Å²) in [5.74, 6) is 0.577. The van der Waals surface area contributed by atoms with Crippen LogP contribution in [0.3, 0.4) is 0 Å². The minimum atomic E-state index is -1.53. The van der Waals surface area contributed by atoms with Gasteiger partial charge in [0.1, 0.15) is 30.7 Å². The molecule has 1 aliphatic heterocycles. The van der Waals surface area contributed by atoms with Crippen molar-refractivity contribution >= 4 is 6.29 Å². The molecule has 6 N–H and O–H groups in total. The molecule has 9 heteroatoms. The van der Waals surface area contributed by atoms with Gasteiger partial charge in [-0.15, -0.1) is 0 Å². The fourth-order valence-electron chi connectivity index (χ4n) is 10.9. The van der Waals surface area contributed by atoms with Crippen LogP contribution in [-0.2, 0) is 14.3 Å². The van der Waals surface area contributed by atoms with Gasteiger partial charge in [-0.05, 0) is 87.4 Å². The van der Waals surface area contributed by atoms with Gasteiger partial charge in [-0.25, -0.2) is 0 Å². The smallest absolute Gasteiger partial charge is 0.187 e. The summed E-state index contributed by atoms with van der Waals surface area (Å²) in [7, 11) is 0. The molecule has 45 heavy (non-hydrogen) atoms. The Kier molecular flexibility index (Phi) is 9.42. The van der Waals surface area contributed by atoms with Crippen LogP contribution in [0, 0.1) is 45.3 Å². The monoisotopic (exact) mass is 634 g/mol. The van der Waals surface area contributed by atoms with Gasteiger partial charge in [-0.1, -0.05) is 58.4 Å². The van der Waals surface area contributed by atoms with E-state index in [0.717, 1.165) is 31.3 Å². The van der Waals surface area contributed by atoms with Gasteiger partial charge in [0, 0.05) is 16.7 Å². The van der Waals surface area contributed by atoms with Crippen molar-refractivity contribution in [2.75, 3.05) is 6.61 Å². The summed E-state index contributed by atoms with van der Waals surface area (Å²) in [6.45, 7) is 14.1. The summed E-state index contributed by atoms with van der Waals surface area (Å²) in [5.41, 5.74) is -1.46. The SMILES string of the molecule is CC(CC=CC(C)(C)O)C1CCC2(C)C3C(O)C=C4C(CCC(OC5OC(CO)C(O)C(O)C5O)C4(C)C)C3(C=O)CCC12C. The Hall–Kier alpha value is -1.17. The zero-order valence-electron chi connectivity index (χ0n) is 28.2. The number of aliphatic hydroxyl groups is 6. The van der Waals surface area contributed by atoms with Crippen molar-refractivity contribution in [3.63, 3.8) is 0 Å². The van der Waals surface area contributed by atoms with E-state index in [1.165, 1.54) is 6.29 Å². The molecule has 14 unspecified atom stereocenters. The number of hydrogen-bond donors (Lipinski definition) is 6.